The molecule has 0 aromatic rings. The van der Waals surface area contributed by atoms with Crippen LogP contribution in [0, 0.1) is 0 Å². The molecule has 5 heteroatoms. The molecule has 0 rings (SSSR count). The first-order chi connectivity index (χ1) is 7.52. The summed E-state index contributed by atoms with van der Waals surface area (Å²) in [6.45, 7) is 6.01. The fourth-order valence-corrected chi connectivity index (χ4v) is 2.25. The van der Waals surface area contributed by atoms with E-state index >= 15 is 0 Å². The first-order valence-electron chi connectivity index (χ1n) is 5.60. The van der Waals surface area contributed by atoms with Gasteiger partial charge in [0.15, 0.2) is 9.84 Å². The number of nitrogens with one attached hydrogen (secondary N) is 1. The van der Waals surface area contributed by atoms with Crippen molar-refractivity contribution >= 4 is 15.7 Å². The molecule has 0 aromatic heterocycles. The minimum atomic E-state index is -3.31. The summed E-state index contributed by atoms with van der Waals surface area (Å²) in [7, 11) is -3.31. The second-order valence-corrected chi connectivity index (χ2v) is 5.86. The van der Waals surface area contributed by atoms with Crippen LogP contribution in [0.4, 0.5) is 0 Å². The highest BCUT2D eigenvalue weighted by Crippen LogP contribution is 1.97. The molecule has 16 heavy (non-hydrogen) atoms. The van der Waals surface area contributed by atoms with Crippen LogP contribution in [0.5, 0.6) is 0 Å². The Hall–Kier alpha value is -0.840. The zero-order chi connectivity index (χ0) is 12.4. The van der Waals surface area contributed by atoms with Crippen LogP contribution in [-0.4, -0.2) is 32.4 Å². The molecule has 0 spiro atoms. The van der Waals surface area contributed by atoms with Gasteiger partial charge in [0, 0.05) is 6.54 Å². The molecule has 0 bridgehead atoms. The maximum Gasteiger partial charge on any atom is 0.235 e. The fourth-order valence-electron chi connectivity index (χ4n) is 1.27. The zero-order valence-corrected chi connectivity index (χ0v) is 10.7. The lowest BCUT2D eigenvalue weighted by Gasteiger charge is -2.04. The molecule has 0 radical (unpaired) electrons. The van der Waals surface area contributed by atoms with Gasteiger partial charge in [-0.2, -0.15) is 0 Å². The van der Waals surface area contributed by atoms with Crippen molar-refractivity contribution < 1.29 is 13.2 Å². The average molecular weight is 247 g/mol. The number of sulfone groups is 1. The second kappa shape index (κ2) is 8.33. The molecular formula is C11H21NO3S. The molecule has 0 aliphatic carbocycles. The van der Waals surface area contributed by atoms with Crippen molar-refractivity contribution in [2.24, 2.45) is 0 Å². The zero-order valence-electron chi connectivity index (χ0n) is 9.87. The monoisotopic (exact) mass is 247 g/mol. The molecule has 94 valence electrons. The first-order valence-corrected chi connectivity index (χ1v) is 7.42. The van der Waals surface area contributed by atoms with Gasteiger partial charge in [-0.3, -0.25) is 4.79 Å². The molecule has 0 saturated carbocycles. The van der Waals surface area contributed by atoms with E-state index in [1.165, 1.54) is 6.08 Å². The lowest BCUT2D eigenvalue weighted by Crippen LogP contribution is -2.31. The second-order valence-electron chi connectivity index (χ2n) is 3.75. The molecule has 0 fully saturated rings. The van der Waals surface area contributed by atoms with E-state index in [1.807, 2.05) is 0 Å². The summed E-state index contributed by atoms with van der Waals surface area (Å²) in [5, 5.41) is 2.60. The third-order valence-corrected chi connectivity index (χ3v) is 3.52. The topological polar surface area (TPSA) is 63.2 Å². The van der Waals surface area contributed by atoms with Crippen LogP contribution in [-0.2, 0) is 14.6 Å². The van der Waals surface area contributed by atoms with Gasteiger partial charge in [0.2, 0.25) is 5.91 Å². The van der Waals surface area contributed by atoms with Gasteiger partial charge in [-0.15, -0.1) is 6.58 Å². The van der Waals surface area contributed by atoms with E-state index in [4.69, 9.17) is 0 Å². The van der Waals surface area contributed by atoms with Crippen LogP contribution in [0.15, 0.2) is 12.7 Å². The van der Waals surface area contributed by atoms with Gasteiger partial charge in [-0.05, 0) is 6.42 Å². The number of carbonyl (C=O) groups is 1. The number of hydrogen-bond acceptors (Lipinski definition) is 3. The molecular weight excluding hydrogens is 226 g/mol. The molecule has 0 aliphatic rings. The standard InChI is InChI=1S/C11H21NO3S/c1-3-5-6-7-8-12-11(13)10-16(14,15)9-4-2/h4H,2-3,5-10H2,1H3,(H,12,13). The van der Waals surface area contributed by atoms with Gasteiger partial charge < -0.3 is 5.32 Å². The van der Waals surface area contributed by atoms with E-state index in [0.29, 0.717) is 6.54 Å². The number of carbonyl (C=O) groups excluding carboxylic acids is 1. The number of rotatable bonds is 9. The Morgan fingerprint density at radius 3 is 2.56 bits per heavy atom. The molecule has 0 saturated heterocycles. The van der Waals surface area contributed by atoms with Gasteiger partial charge in [0.05, 0.1) is 5.75 Å². The number of unbranched alkanes of at least 4 members (excludes halogenated alkanes) is 3. The van der Waals surface area contributed by atoms with Gasteiger partial charge >= 0.3 is 0 Å². The largest absolute Gasteiger partial charge is 0.355 e. The van der Waals surface area contributed by atoms with Crippen molar-refractivity contribution in [2.75, 3.05) is 18.1 Å². The lowest BCUT2D eigenvalue weighted by molar-refractivity contribution is -0.118. The van der Waals surface area contributed by atoms with Crippen molar-refractivity contribution in [3.05, 3.63) is 12.7 Å². The predicted octanol–water partition coefficient (Wildman–Crippen LogP) is 1.28. The molecule has 0 aromatic carbocycles. The van der Waals surface area contributed by atoms with Gasteiger partial charge in [-0.25, -0.2) is 8.42 Å². The van der Waals surface area contributed by atoms with E-state index in [0.717, 1.165) is 25.7 Å². The average Bonchev–Trinajstić information content (AvgIpc) is 2.16. The van der Waals surface area contributed by atoms with Crippen LogP contribution in [0.2, 0.25) is 0 Å². The van der Waals surface area contributed by atoms with E-state index in [2.05, 4.69) is 18.8 Å². The van der Waals surface area contributed by atoms with Crippen LogP contribution in [0.25, 0.3) is 0 Å². The molecule has 1 amide bonds. The van der Waals surface area contributed by atoms with Crippen LogP contribution in [0.3, 0.4) is 0 Å². The summed E-state index contributed by atoms with van der Waals surface area (Å²) in [6, 6.07) is 0. The summed E-state index contributed by atoms with van der Waals surface area (Å²) < 4.78 is 22.5. The highest BCUT2D eigenvalue weighted by atomic mass is 32.2. The minimum absolute atomic E-state index is 0.143. The normalized spacial score (nSPS) is 11.1. The molecule has 4 nitrogen and oxygen atoms in total. The summed E-state index contributed by atoms with van der Waals surface area (Å²) in [4.78, 5) is 11.2. The van der Waals surface area contributed by atoms with Gasteiger partial charge in [-0.1, -0.05) is 32.3 Å². The van der Waals surface area contributed by atoms with E-state index in [-0.39, 0.29) is 5.75 Å². The van der Waals surface area contributed by atoms with Gasteiger partial charge in [0.25, 0.3) is 0 Å². The van der Waals surface area contributed by atoms with Crippen molar-refractivity contribution in [3.63, 3.8) is 0 Å². The minimum Gasteiger partial charge on any atom is -0.355 e. The molecule has 0 unspecified atom stereocenters. The lowest BCUT2D eigenvalue weighted by atomic mass is 10.2. The Kier molecular flexibility index (Phi) is 7.89. The molecule has 0 heterocycles. The summed E-state index contributed by atoms with van der Waals surface area (Å²) in [6.07, 6.45) is 5.55. The van der Waals surface area contributed by atoms with Crippen molar-refractivity contribution in [2.45, 2.75) is 32.6 Å². The molecule has 0 atom stereocenters. The van der Waals surface area contributed by atoms with E-state index in [1.54, 1.807) is 0 Å². The predicted molar refractivity (Wildman–Crippen MR) is 66.0 cm³/mol. The molecule has 0 aliphatic heterocycles. The highest BCUT2D eigenvalue weighted by molar-refractivity contribution is 7.92. The van der Waals surface area contributed by atoms with E-state index < -0.39 is 21.5 Å². The molecule has 1 N–H and O–H groups in total. The van der Waals surface area contributed by atoms with Crippen molar-refractivity contribution in [1.29, 1.82) is 0 Å². The smallest absolute Gasteiger partial charge is 0.235 e. The Labute approximate surface area is 98.0 Å². The fraction of sp³-hybridized carbons (Fsp3) is 0.727. The van der Waals surface area contributed by atoms with E-state index in [9.17, 15) is 13.2 Å². The number of amides is 1. The van der Waals surface area contributed by atoms with Gasteiger partial charge in [0.1, 0.15) is 5.75 Å². The Morgan fingerprint density at radius 1 is 1.31 bits per heavy atom. The SMILES string of the molecule is C=CCS(=O)(=O)CC(=O)NCCCCCC. The third kappa shape index (κ3) is 8.47. The van der Waals surface area contributed by atoms with Crippen molar-refractivity contribution in [3.8, 4) is 0 Å². The summed E-state index contributed by atoms with van der Waals surface area (Å²) in [5.74, 6) is -0.999. The first kappa shape index (κ1) is 15.2. The summed E-state index contributed by atoms with van der Waals surface area (Å²) in [5.41, 5.74) is 0. The van der Waals surface area contributed by atoms with Crippen molar-refractivity contribution in [1.82, 2.24) is 5.32 Å². The highest BCUT2D eigenvalue weighted by Gasteiger charge is 2.13. The quantitative estimate of drug-likeness (QED) is 0.493. The Morgan fingerprint density at radius 2 is 2.00 bits per heavy atom. The van der Waals surface area contributed by atoms with Crippen LogP contribution in [0.1, 0.15) is 32.6 Å². The maximum atomic E-state index is 11.2. The summed E-state index contributed by atoms with van der Waals surface area (Å²) >= 11 is 0. The van der Waals surface area contributed by atoms with Crippen LogP contribution >= 0.6 is 0 Å². The number of hydrogen-bond donors (Lipinski definition) is 1. The Balaban J connectivity index is 3.70. The Bertz CT molecular complexity index is 309. The maximum absolute atomic E-state index is 11.2. The van der Waals surface area contributed by atoms with Crippen LogP contribution < -0.4 is 5.32 Å². The third-order valence-electron chi connectivity index (χ3n) is 2.08.